The Labute approximate surface area is 200 Å². The Morgan fingerprint density at radius 3 is 2.68 bits per heavy atom. The number of piperazine rings is 1. The summed E-state index contributed by atoms with van der Waals surface area (Å²) in [5, 5.41) is 7.99. The third-order valence-electron chi connectivity index (χ3n) is 6.46. The number of aromatic nitrogens is 2. The Hall–Kier alpha value is -3.39. The first-order chi connectivity index (χ1) is 16.7. The molecule has 1 amide bonds. The summed E-state index contributed by atoms with van der Waals surface area (Å²) in [6.07, 6.45) is 1.28. The van der Waals surface area contributed by atoms with Crippen LogP contribution in [-0.2, 0) is 11.2 Å². The van der Waals surface area contributed by atoms with Gasteiger partial charge >= 0.3 is 0 Å². The molecule has 2 saturated heterocycles. The van der Waals surface area contributed by atoms with Gasteiger partial charge in [-0.2, -0.15) is 4.98 Å². The summed E-state index contributed by atoms with van der Waals surface area (Å²) >= 11 is 0. The molecule has 0 spiro atoms. The number of carbonyl (C=O) groups excluding carboxylic acids is 1. The standard InChI is InChI=1S/C26H32N6O2/c1-2-34-21-9-7-19(8-10-21)17-24(33)32-14-11-20(18-32)28-26-29-23-6-4-3-5-22(23)25(30-26)31-15-12-27-13-16-31/h3-10,20,27H,2,11-18H2,1H3,(H,28,29,30)/t20-/m0/s1. The van der Waals surface area contributed by atoms with Gasteiger partial charge < -0.3 is 25.2 Å². The molecule has 0 saturated carbocycles. The zero-order chi connectivity index (χ0) is 23.3. The van der Waals surface area contributed by atoms with Gasteiger partial charge in [-0.15, -0.1) is 0 Å². The fourth-order valence-corrected chi connectivity index (χ4v) is 4.69. The Balaban J connectivity index is 1.24. The molecule has 8 nitrogen and oxygen atoms in total. The van der Waals surface area contributed by atoms with Crippen LogP contribution in [0.3, 0.4) is 0 Å². The second kappa shape index (κ2) is 10.3. The molecule has 3 heterocycles. The van der Waals surface area contributed by atoms with E-state index in [1.165, 1.54) is 0 Å². The second-order valence-electron chi connectivity index (χ2n) is 8.85. The molecule has 0 unspecified atom stereocenters. The highest BCUT2D eigenvalue weighted by Crippen LogP contribution is 2.26. The molecule has 1 aromatic heterocycles. The molecule has 34 heavy (non-hydrogen) atoms. The Kier molecular flexibility index (Phi) is 6.76. The molecule has 0 bridgehead atoms. The minimum Gasteiger partial charge on any atom is -0.494 e. The van der Waals surface area contributed by atoms with Gasteiger partial charge in [-0.1, -0.05) is 24.3 Å². The number of nitrogens with zero attached hydrogens (tertiary/aromatic N) is 4. The van der Waals surface area contributed by atoms with E-state index in [0.717, 1.165) is 67.2 Å². The van der Waals surface area contributed by atoms with Gasteiger partial charge in [0, 0.05) is 50.7 Å². The number of carbonyl (C=O) groups is 1. The van der Waals surface area contributed by atoms with Crippen LogP contribution in [0, 0.1) is 0 Å². The van der Waals surface area contributed by atoms with Crippen molar-refractivity contribution in [2.75, 3.05) is 56.1 Å². The SMILES string of the molecule is CCOc1ccc(CC(=O)N2CC[C@H](Nc3nc(N4CCNCC4)c4ccccc4n3)C2)cc1. The van der Waals surface area contributed by atoms with E-state index in [-0.39, 0.29) is 11.9 Å². The normalized spacial score (nSPS) is 18.3. The molecule has 178 valence electrons. The fourth-order valence-electron chi connectivity index (χ4n) is 4.69. The quantitative estimate of drug-likeness (QED) is 0.561. The lowest BCUT2D eigenvalue weighted by molar-refractivity contribution is -0.129. The first-order valence-corrected chi connectivity index (χ1v) is 12.2. The monoisotopic (exact) mass is 460 g/mol. The van der Waals surface area contributed by atoms with Crippen molar-refractivity contribution in [1.82, 2.24) is 20.2 Å². The van der Waals surface area contributed by atoms with Crippen LogP contribution in [0.5, 0.6) is 5.75 Å². The van der Waals surface area contributed by atoms with Crippen molar-refractivity contribution in [2.45, 2.75) is 25.8 Å². The van der Waals surface area contributed by atoms with Crippen LogP contribution in [0.15, 0.2) is 48.5 Å². The van der Waals surface area contributed by atoms with E-state index in [9.17, 15) is 4.79 Å². The van der Waals surface area contributed by atoms with Crippen molar-refractivity contribution in [2.24, 2.45) is 0 Å². The lowest BCUT2D eigenvalue weighted by Gasteiger charge is -2.29. The van der Waals surface area contributed by atoms with Crippen LogP contribution in [0.25, 0.3) is 10.9 Å². The van der Waals surface area contributed by atoms with E-state index in [1.807, 2.05) is 54.3 Å². The van der Waals surface area contributed by atoms with Gasteiger partial charge in [0.2, 0.25) is 11.9 Å². The summed E-state index contributed by atoms with van der Waals surface area (Å²) in [6.45, 7) is 7.77. The highest BCUT2D eigenvalue weighted by atomic mass is 16.5. The minimum absolute atomic E-state index is 0.140. The number of para-hydroxylation sites is 1. The van der Waals surface area contributed by atoms with Crippen LogP contribution in [0.4, 0.5) is 11.8 Å². The maximum atomic E-state index is 12.9. The van der Waals surface area contributed by atoms with E-state index in [4.69, 9.17) is 14.7 Å². The number of hydrogen-bond acceptors (Lipinski definition) is 7. The third kappa shape index (κ3) is 5.07. The summed E-state index contributed by atoms with van der Waals surface area (Å²) in [5.74, 6) is 2.60. The smallest absolute Gasteiger partial charge is 0.227 e. The zero-order valence-corrected chi connectivity index (χ0v) is 19.7. The Morgan fingerprint density at radius 1 is 1.09 bits per heavy atom. The minimum atomic E-state index is 0.140. The molecule has 5 rings (SSSR count). The molecule has 2 aromatic carbocycles. The van der Waals surface area contributed by atoms with Gasteiger partial charge in [-0.25, -0.2) is 4.98 Å². The molecule has 2 aliphatic heterocycles. The maximum absolute atomic E-state index is 12.9. The Morgan fingerprint density at radius 2 is 1.88 bits per heavy atom. The van der Waals surface area contributed by atoms with E-state index in [0.29, 0.717) is 25.5 Å². The first-order valence-electron chi connectivity index (χ1n) is 12.2. The van der Waals surface area contributed by atoms with Crippen molar-refractivity contribution in [3.05, 3.63) is 54.1 Å². The average Bonchev–Trinajstić information content (AvgIpc) is 3.34. The fraction of sp³-hybridized carbons (Fsp3) is 0.423. The molecule has 1 atom stereocenters. The van der Waals surface area contributed by atoms with E-state index in [1.54, 1.807) is 0 Å². The number of benzene rings is 2. The zero-order valence-electron chi connectivity index (χ0n) is 19.7. The van der Waals surface area contributed by atoms with Gasteiger partial charge in [0.15, 0.2) is 0 Å². The van der Waals surface area contributed by atoms with Gasteiger partial charge in [-0.05, 0) is 43.2 Å². The predicted molar refractivity (Wildman–Crippen MR) is 135 cm³/mol. The van der Waals surface area contributed by atoms with Gasteiger partial charge in [0.1, 0.15) is 11.6 Å². The van der Waals surface area contributed by atoms with Crippen LogP contribution in [-0.4, -0.2) is 72.7 Å². The molecular formula is C26H32N6O2. The number of fused-ring (bicyclic) bond motifs is 1. The lowest BCUT2D eigenvalue weighted by atomic mass is 10.1. The molecule has 0 radical (unpaired) electrons. The second-order valence-corrected chi connectivity index (χ2v) is 8.85. The number of hydrogen-bond donors (Lipinski definition) is 2. The summed E-state index contributed by atoms with van der Waals surface area (Å²) in [7, 11) is 0. The van der Waals surface area contributed by atoms with Crippen molar-refractivity contribution >= 4 is 28.6 Å². The number of rotatable bonds is 7. The van der Waals surface area contributed by atoms with Crippen LogP contribution >= 0.6 is 0 Å². The molecular weight excluding hydrogens is 428 g/mol. The summed E-state index contributed by atoms with van der Waals surface area (Å²) in [5.41, 5.74) is 1.94. The highest BCUT2D eigenvalue weighted by molar-refractivity contribution is 5.90. The number of nitrogens with one attached hydrogen (secondary N) is 2. The van der Waals surface area contributed by atoms with E-state index < -0.39 is 0 Å². The number of anilines is 2. The summed E-state index contributed by atoms with van der Waals surface area (Å²) in [6, 6.07) is 16.1. The van der Waals surface area contributed by atoms with Gasteiger partial charge in [0.05, 0.1) is 18.5 Å². The number of amides is 1. The van der Waals surface area contributed by atoms with Gasteiger partial charge in [-0.3, -0.25) is 4.79 Å². The molecule has 2 fully saturated rings. The molecule has 3 aromatic rings. The molecule has 2 N–H and O–H groups in total. The van der Waals surface area contributed by atoms with Gasteiger partial charge in [0.25, 0.3) is 0 Å². The molecule has 0 aliphatic carbocycles. The summed E-state index contributed by atoms with van der Waals surface area (Å²) in [4.78, 5) is 26.8. The van der Waals surface area contributed by atoms with Crippen molar-refractivity contribution < 1.29 is 9.53 Å². The van der Waals surface area contributed by atoms with Crippen LogP contribution in [0.2, 0.25) is 0 Å². The average molecular weight is 461 g/mol. The number of likely N-dealkylation sites (tertiary alicyclic amines) is 1. The van der Waals surface area contributed by atoms with E-state index >= 15 is 0 Å². The van der Waals surface area contributed by atoms with Crippen molar-refractivity contribution in [3.8, 4) is 5.75 Å². The van der Waals surface area contributed by atoms with Crippen molar-refractivity contribution in [3.63, 3.8) is 0 Å². The number of ether oxygens (including phenoxy) is 1. The lowest BCUT2D eigenvalue weighted by Crippen LogP contribution is -2.44. The van der Waals surface area contributed by atoms with E-state index in [2.05, 4.69) is 21.6 Å². The van der Waals surface area contributed by atoms with Crippen LogP contribution in [0.1, 0.15) is 18.9 Å². The topological polar surface area (TPSA) is 82.6 Å². The molecule has 8 heteroatoms. The first kappa shape index (κ1) is 22.4. The Bertz CT molecular complexity index is 1130. The predicted octanol–water partition coefficient (Wildman–Crippen LogP) is 2.69. The molecule has 2 aliphatic rings. The van der Waals surface area contributed by atoms with Crippen molar-refractivity contribution in [1.29, 1.82) is 0 Å². The third-order valence-corrected chi connectivity index (χ3v) is 6.46. The maximum Gasteiger partial charge on any atom is 0.227 e. The summed E-state index contributed by atoms with van der Waals surface area (Å²) < 4.78 is 5.49. The highest BCUT2D eigenvalue weighted by Gasteiger charge is 2.27. The largest absolute Gasteiger partial charge is 0.494 e. The van der Waals surface area contributed by atoms with Crippen LogP contribution < -0.4 is 20.3 Å².